The van der Waals surface area contributed by atoms with Crippen molar-refractivity contribution in [1.29, 1.82) is 0 Å². The largest absolute Gasteiger partial charge is 0.338 e. The van der Waals surface area contributed by atoms with Crippen LogP contribution in [0.2, 0.25) is 0 Å². The maximum absolute atomic E-state index is 11.7. The number of hydrogen-bond donors (Lipinski definition) is 2. The van der Waals surface area contributed by atoms with Crippen molar-refractivity contribution in [2.75, 3.05) is 18.1 Å². The molecule has 0 aliphatic rings. The fraction of sp³-hybridized carbons (Fsp3) is 0.286. The normalized spacial score (nSPS) is 10.2. The number of benzene rings is 1. The third kappa shape index (κ3) is 4.62. The molecule has 106 valence electrons. The highest BCUT2D eigenvalue weighted by Gasteiger charge is 2.01. The number of thioether (sulfide) groups is 1. The van der Waals surface area contributed by atoms with Gasteiger partial charge in [-0.3, -0.25) is 0 Å². The molecule has 0 saturated heterocycles. The smallest absolute Gasteiger partial charge is 0.319 e. The van der Waals surface area contributed by atoms with Crippen LogP contribution >= 0.6 is 11.8 Å². The van der Waals surface area contributed by atoms with Crippen LogP contribution in [-0.2, 0) is 6.54 Å². The second kappa shape index (κ2) is 7.59. The van der Waals surface area contributed by atoms with Gasteiger partial charge in [0.2, 0.25) is 0 Å². The van der Waals surface area contributed by atoms with Crippen LogP contribution < -0.4 is 10.6 Å². The van der Waals surface area contributed by atoms with Crippen molar-refractivity contribution in [3.05, 3.63) is 43.0 Å². The number of amides is 2. The third-order valence-corrected chi connectivity index (χ3v) is 3.53. The molecule has 5 nitrogen and oxygen atoms in total. The van der Waals surface area contributed by atoms with Gasteiger partial charge < -0.3 is 15.2 Å². The molecule has 0 bridgehead atoms. The van der Waals surface area contributed by atoms with Crippen molar-refractivity contribution in [1.82, 2.24) is 14.9 Å². The lowest BCUT2D eigenvalue weighted by molar-refractivity contribution is 0.252. The first kappa shape index (κ1) is 14.5. The zero-order valence-electron chi connectivity index (χ0n) is 11.4. The van der Waals surface area contributed by atoms with Crippen molar-refractivity contribution in [3.63, 3.8) is 0 Å². The number of nitrogens with one attached hydrogen (secondary N) is 2. The van der Waals surface area contributed by atoms with E-state index in [0.717, 1.165) is 18.7 Å². The average Bonchev–Trinajstić information content (AvgIpc) is 2.98. The van der Waals surface area contributed by atoms with Gasteiger partial charge in [-0.05, 0) is 36.9 Å². The maximum Gasteiger partial charge on any atom is 0.319 e. The highest BCUT2D eigenvalue weighted by Crippen LogP contribution is 2.17. The van der Waals surface area contributed by atoms with Crippen LogP contribution in [0.4, 0.5) is 10.5 Å². The molecule has 0 spiro atoms. The van der Waals surface area contributed by atoms with Crippen LogP contribution in [0.3, 0.4) is 0 Å². The fourth-order valence-corrected chi connectivity index (χ4v) is 2.14. The molecule has 0 aliphatic heterocycles. The molecule has 0 saturated carbocycles. The third-order valence-electron chi connectivity index (χ3n) is 2.79. The minimum absolute atomic E-state index is 0.174. The van der Waals surface area contributed by atoms with E-state index in [4.69, 9.17) is 0 Å². The van der Waals surface area contributed by atoms with Crippen molar-refractivity contribution in [2.45, 2.75) is 17.9 Å². The molecule has 2 rings (SSSR count). The molecule has 2 aromatic rings. The van der Waals surface area contributed by atoms with Gasteiger partial charge in [0.05, 0.1) is 6.33 Å². The second-order valence-electron chi connectivity index (χ2n) is 4.26. The predicted molar refractivity (Wildman–Crippen MR) is 82.1 cm³/mol. The Morgan fingerprint density at radius 3 is 2.80 bits per heavy atom. The van der Waals surface area contributed by atoms with E-state index in [0.29, 0.717) is 6.54 Å². The van der Waals surface area contributed by atoms with Crippen LogP contribution in [0, 0.1) is 0 Å². The molecular formula is C14H18N4OS. The second-order valence-corrected chi connectivity index (χ2v) is 5.14. The number of rotatable bonds is 6. The molecule has 1 aromatic carbocycles. The van der Waals surface area contributed by atoms with Crippen molar-refractivity contribution in [2.24, 2.45) is 0 Å². The van der Waals surface area contributed by atoms with Gasteiger partial charge in [0.15, 0.2) is 0 Å². The molecule has 0 unspecified atom stereocenters. The predicted octanol–water partition coefficient (Wildman–Crippen LogP) is 2.82. The number of aromatic nitrogens is 2. The van der Waals surface area contributed by atoms with E-state index < -0.39 is 0 Å². The Kier molecular flexibility index (Phi) is 5.49. The highest BCUT2D eigenvalue weighted by atomic mass is 32.2. The Labute approximate surface area is 122 Å². The number of anilines is 1. The van der Waals surface area contributed by atoms with Gasteiger partial charge in [-0.2, -0.15) is 0 Å². The summed E-state index contributed by atoms with van der Waals surface area (Å²) in [6, 6.07) is 7.60. The summed E-state index contributed by atoms with van der Waals surface area (Å²) < 4.78 is 1.99. The number of urea groups is 1. The van der Waals surface area contributed by atoms with Crippen molar-refractivity contribution in [3.8, 4) is 0 Å². The van der Waals surface area contributed by atoms with Gasteiger partial charge in [-0.15, -0.1) is 11.8 Å². The van der Waals surface area contributed by atoms with E-state index in [1.807, 2.05) is 41.3 Å². The summed E-state index contributed by atoms with van der Waals surface area (Å²) in [5.41, 5.74) is 0.801. The minimum Gasteiger partial charge on any atom is -0.338 e. The van der Waals surface area contributed by atoms with E-state index in [1.54, 1.807) is 24.3 Å². The van der Waals surface area contributed by atoms with Crippen LogP contribution in [0.1, 0.15) is 6.42 Å². The van der Waals surface area contributed by atoms with Gasteiger partial charge >= 0.3 is 6.03 Å². The van der Waals surface area contributed by atoms with Crippen molar-refractivity contribution < 1.29 is 4.79 Å². The number of aryl methyl sites for hydroxylation is 1. The SMILES string of the molecule is CSc1ccc(NC(=O)NCCCn2ccnc2)cc1. The van der Waals surface area contributed by atoms with Gasteiger partial charge in [-0.25, -0.2) is 9.78 Å². The van der Waals surface area contributed by atoms with Crippen LogP contribution in [-0.4, -0.2) is 28.4 Å². The van der Waals surface area contributed by atoms with Crippen LogP contribution in [0.5, 0.6) is 0 Å². The molecule has 6 heteroatoms. The number of nitrogens with zero attached hydrogens (tertiary/aromatic N) is 2. The zero-order valence-corrected chi connectivity index (χ0v) is 12.2. The number of hydrogen-bond acceptors (Lipinski definition) is 3. The van der Waals surface area contributed by atoms with E-state index in [9.17, 15) is 4.79 Å². The van der Waals surface area contributed by atoms with Gasteiger partial charge in [-0.1, -0.05) is 0 Å². The lowest BCUT2D eigenvalue weighted by Crippen LogP contribution is -2.29. The topological polar surface area (TPSA) is 59.0 Å². The Morgan fingerprint density at radius 1 is 1.35 bits per heavy atom. The molecule has 0 fully saturated rings. The minimum atomic E-state index is -0.174. The van der Waals surface area contributed by atoms with Crippen molar-refractivity contribution >= 4 is 23.5 Å². The van der Waals surface area contributed by atoms with E-state index in [2.05, 4.69) is 15.6 Å². The molecule has 20 heavy (non-hydrogen) atoms. The Balaban J connectivity index is 1.66. The summed E-state index contributed by atoms with van der Waals surface area (Å²) >= 11 is 1.68. The van der Waals surface area contributed by atoms with Gasteiger partial charge in [0, 0.05) is 36.1 Å². The number of imidazole rings is 1. The molecule has 1 heterocycles. The molecule has 1 aromatic heterocycles. The molecule has 0 radical (unpaired) electrons. The van der Waals surface area contributed by atoms with Gasteiger partial charge in [0.1, 0.15) is 0 Å². The lowest BCUT2D eigenvalue weighted by Gasteiger charge is -2.08. The zero-order chi connectivity index (χ0) is 14.2. The quantitative estimate of drug-likeness (QED) is 0.635. The summed E-state index contributed by atoms with van der Waals surface area (Å²) in [6.07, 6.45) is 8.32. The number of carbonyl (C=O) groups is 1. The first-order valence-corrected chi connectivity index (χ1v) is 7.65. The van der Waals surface area contributed by atoms with Crippen LogP contribution in [0.25, 0.3) is 0 Å². The summed E-state index contributed by atoms with van der Waals surface area (Å²) in [6.45, 7) is 1.48. The summed E-state index contributed by atoms with van der Waals surface area (Å²) in [4.78, 5) is 16.8. The highest BCUT2D eigenvalue weighted by molar-refractivity contribution is 7.98. The Morgan fingerprint density at radius 2 is 2.15 bits per heavy atom. The molecule has 0 atom stereocenters. The van der Waals surface area contributed by atoms with Crippen LogP contribution in [0.15, 0.2) is 47.9 Å². The summed E-state index contributed by atoms with van der Waals surface area (Å²) in [5.74, 6) is 0. The molecule has 0 aliphatic carbocycles. The van der Waals surface area contributed by atoms with Gasteiger partial charge in [0.25, 0.3) is 0 Å². The average molecular weight is 290 g/mol. The summed E-state index contributed by atoms with van der Waals surface area (Å²) in [7, 11) is 0. The first-order valence-electron chi connectivity index (χ1n) is 6.42. The summed E-state index contributed by atoms with van der Waals surface area (Å²) in [5, 5.41) is 5.64. The monoisotopic (exact) mass is 290 g/mol. The van der Waals surface area contributed by atoms with E-state index >= 15 is 0 Å². The Hall–Kier alpha value is -1.95. The Bertz CT molecular complexity index is 525. The van der Waals surface area contributed by atoms with E-state index in [1.165, 1.54) is 4.90 Å². The van der Waals surface area contributed by atoms with E-state index in [-0.39, 0.29) is 6.03 Å². The molecule has 2 N–H and O–H groups in total. The first-order chi connectivity index (χ1) is 9.78. The maximum atomic E-state index is 11.7. The standard InChI is InChI=1S/C14H18N4OS/c1-20-13-5-3-12(4-6-13)17-14(19)16-7-2-9-18-10-8-15-11-18/h3-6,8,10-11H,2,7,9H2,1H3,(H2,16,17,19). The molecular weight excluding hydrogens is 272 g/mol. The number of carbonyl (C=O) groups excluding carboxylic acids is 1. The fourth-order valence-electron chi connectivity index (χ4n) is 1.73. The molecule has 2 amide bonds. The lowest BCUT2D eigenvalue weighted by atomic mass is 10.3.